The molecule has 0 fully saturated rings. The van der Waals surface area contributed by atoms with E-state index in [1.807, 2.05) is 6.92 Å². The summed E-state index contributed by atoms with van der Waals surface area (Å²) in [5.41, 5.74) is 5.02. The number of thioether (sulfide) groups is 1. The van der Waals surface area contributed by atoms with Gasteiger partial charge in [0.05, 0.1) is 0 Å². The van der Waals surface area contributed by atoms with Crippen LogP contribution in [0.4, 0.5) is 13.2 Å². The average molecular weight is 273 g/mol. The lowest BCUT2D eigenvalue weighted by molar-refractivity contribution is -0.155. The first-order valence-corrected chi connectivity index (χ1v) is 6.33. The predicted molar refractivity (Wildman–Crippen MR) is 63.4 cm³/mol. The Morgan fingerprint density at radius 1 is 1.53 bits per heavy atom. The lowest BCUT2D eigenvalue weighted by Gasteiger charge is -2.21. The number of alkyl halides is 3. The lowest BCUT2D eigenvalue weighted by Crippen LogP contribution is -2.45. The number of hydrogen-bond donors (Lipinski definition) is 3. The van der Waals surface area contributed by atoms with E-state index in [9.17, 15) is 13.2 Å². The van der Waals surface area contributed by atoms with Crippen molar-refractivity contribution in [3.05, 3.63) is 0 Å². The number of nitrogens with zero attached hydrogens (tertiary/aromatic N) is 1. The minimum atomic E-state index is -4.51. The Morgan fingerprint density at radius 2 is 2.12 bits per heavy atom. The maximum absolute atomic E-state index is 12.5. The lowest BCUT2D eigenvalue weighted by atomic mass is 10.1. The zero-order chi connectivity index (χ0) is 13.5. The van der Waals surface area contributed by atoms with E-state index in [-0.39, 0.29) is 12.6 Å². The van der Waals surface area contributed by atoms with Gasteiger partial charge in [0.15, 0.2) is 5.84 Å². The van der Waals surface area contributed by atoms with Crippen molar-refractivity contribution in [2.45, 2.75) is 26.1 Å². The van der Waals surface area contributed by atoms with Crippen molar-refractivity contribution in [1.29, 1.82) is 0 Å². The van der Waals surface area contributed by atoms with E-state index >= 15 is 0 Å². The number of nitrogens with one attached hydrogen (secondary N) is 1. The molecule has 0 heterocycles. The number of hydrogen-bond acceptors (Lipinski definition) is 4. The van der Waals surface area contributed by atoms with Crippen molar-refractivity contribution in [1.82, 2.24) is 5.32 Å². The Kier molecular flexibility index (Phi) is 7.37. The van der Waals surface area contributed by atoms with Gasteiger partial charge < -0.3 is 16.3 Å². The highest BCUT2D eigenvalue weighted by atomic mass is 32.2. The molecule has 0 aliphatic rings. The van der Waals surface area contributed by atoms with Crippen LogP contribution in [0.5, 0.6) is 0 Å². The van der Waals surface area contributed by atoms with E-state index < -0.39 is 17.9 Å². The first-order valence-electron chi connectivity index (χ1n) is 5.18. The van der Waals surface area contributed by atoms with Gasteiger partial charge >= 0.3 is 6.18 Å². The van der Waals surface area contributed by atoms with Crippen molar-refractivity contribution in [2.24, 2.45) is 16.8 Å². The SMILES string of the molecule is CCSCC(C)NCC(C(N)=NO)C(F)(F)F. The molecular formula is C9H18F3N3OS. The molecule has 0 rings (SSSR count). The fourth-order valence-corrected chi connectivity index (χ4v) is 1.84. The summed E-state index contributed by atoms with van der Waals surface area (Å²) in [4.78, 5) is 0. The summed E-state index contributed by atoms with van der Waals surface area (Å²) in [6, 6.07) is -0.0590. The molecule has 17 heavy (non-hydrogen) atoms. The molecule has 4 N–H and O–H groups in total. The highest BCUT2D eigenvalue weighted by molar-refractivity contribution is 7.99. The first-order chi connectivity index (χ1) is 7.82. The summed E-state index contributed by atoms with van der Waals surface area (Å²) >= 11 is 1.63. The van der Waals surface area contributed by atoms with E-state index in [0.717, 1.165) is 11.5 Å². The molecule has 0 saturated heterocycles. The Balaban J connectivity index is 4.28. The fraction of sp³-hybridized carbons (Fsp3) is 0.889. The van der Waals surface area contributed by atoms with Gasteiger partial charge in [0.1, 0.15) is 5.92 Å². The summed E-state index contributed by atoms with van der Waals surface area (Å²) < 4.78 is 37.6. The standard InChI is InChI=1S/C9H18F3N3OS/c1-3-17-5-6(2)14-4-7(8(13)15-16)9(10,11)12/h6-7,14,16H,3-5H2,1-2H3,(H2,13,15). The van der Waals surface area contributed by atoms with E-state index in [2.05, 4.69) is 10.5 Å². The average Bonchev–Trinajstić information content (AvgIpc) is 2.24. The van der Waals surface area contributed by atoms with Crippen molar-refractivity contribution in [3.8, 4) is 0 Å². The molecule has 0 spiro atoms. The molecule has 2 unspecified atom stereocenters. The molecule has 8 heteroatoms. The van der Waals surface area contributed by atoms with E-state index in [4.69, 9.17) is 10.9 Å². The van der Waals surface area contributed by atoms with Crippen LogP contribution in [0.2, 0.25) is 0 Å². The van der Waals surface area contributed by atoms with Gasteiger partial charge in [-0.3, -0.25) is 0 Å². The molecule has 0 saturated carbocycles. The predicted octanol–water partition coefficient (Wildman–Crippen LogP) is 1.64. The minimum Gasteiger partial charge on any atom is -0.409 e. The fourth-order valence-electron chi connectivity index (χ4n) is 1.13. The third-order valence-electron chi connectivity index (χ3n) is 2.11. The second kappa shape index (κ2) is 7.65. The quantitative estimate of drug-likeness (QED) is 0.285. The molecule has 0 aromatic rings. The summed E-state index contributed by atoms with van der Waals surface area (Å²) in [7, 11) is 0. The molecule has 0 aromatic carbocycles. The molecule has 0 aromatic heterocycles. The van der Waals surface area contributed by atoms with Crippen molar-refractivity contribution < 1.29 is 18.4 Å². The normalized spacial score (nSPS) is 16.9. The van der Waals surface area contributed by atoms with Gasteiger partial charge in [-0.05, 0) is 12.7 Å². The second-order valence-corrected chi connectivity index (χ2v) is 4.91. The van der Waals surface area contributed by atoms with Crippen molar-refractivity contribution in [2.75, 3.05) is 18.1 Å². The monoisotopic (exact) mass is 273 g/mol. The molecule has 2 atom stereocenters. The largest absolute Gasteiger partial charge is 0.409 e. The first kappa shape index (κ1) is 16.4. The number of halogens is 3. The zero-order valence-electron chi connectivity index (χ0n) is 9.79. The third kappa shape index (κ3) is 6.62. The smallest absolute Gasteiger partial charge is 0.400 e. The van der Waals surface area contributed by atoms with Crippen LogP contribution in [0, 0.1) is 5.92 Å². The molecule has 4 nitrogen and oxygen atoms in total. The molecule has 0 radical (unpaired) electrons. The molecule has 0 amide bonds. The van der Waals surface area contributed by atoms with Gasteiger partial charge in [-0.1, -0.05) is 12.1 Å². The Hall–Kier alpha value is -0.630. The van der Waals surface area contributed by atoms with Crippen LogP contribution in [-0.4, -0.2) is 41.3 Å². The molecule has 0 aliphatic carbocycles. The molecule has 102 valence electrons. The van der Waals surface area contributed by atoms with Gasteiger partial charge in [-0.15, -0.1) is 0 Å². The van der Waals surface area contributed by atoms with E-state index in [1.54, 1.807) is 18.7 Å². The summed E-state index contributed by atoms with van der Waals surface area (Å²) in [6.07, 6.45) is -4.51. The van der Waals surface area contributed by atoms with Crippen LogP contribution in [0.15, 0.2) is 5.16 Å². The Morgan fingerprint density at radius 3 is 2.53 bits per heavy atom. The maximum atomic E-state index is 12.5. The van der Waals surface area contributed by atoms with E-state index in [0.29, 0.717) is 0 Å². The van der Waals surface area contributed by atoms with Crippen molar-refractivity contribution >= 4 is 17.6 Å². The topological polar surface area (TPSA) is 70.6 Å². The van der Waals surface area contributed by atoms with Crippen LogP contribution >= 0.6 is 11.8 Å². The molecule has 0 bridgehead atoms. The second-order valence-electron chi connectivity index (χ2n) is 3.59. The van der Waals surface area contributed by atoms with Crippen LogP contribution in [0.3, 0.4) is 0 Å². The van der Waals surface area contributed by atoms with Gasteiger partial charge in [0, 0.05) is 18.3 Å². The van der Waals surface area contributed by atoms with Crippen LogP contribution in [-0.2, 0) is 0 Å². The zero-order valence-corrected chi connectivity index (χ0v) is 10.6. The number of oxime groups is 1. The minimum absolute atomic E-state index is 0.0590. The van der Waals surface area contributed by atoms with E-state index in [1.165, 1.54) is 0 Å². The van der Waals surface area contributed by atoms with Gasteiger partial charge in [0.25, 0.3) is 0 Å². The Bertz CT molecular complexity index is 248. The van der Waals surface area contributed by atoms with Crippen molar-refractivity contribution in [3.63, 3.8) is 0 Å². The summed E-state index contributed by atoms with van der Waals surface area (Å²) in [6.45, 7) is 3.39. The molecular weight excluding hydrogens is 255 g/mol. The number of rotatable bonds is 7. The van der Waals surface area contributed by atoms with Crippen LogP contribution in [0.1, 0.15) is 13.8 Å². The van der Waals surface area contributed by atoms with Crippen LogP contribution < -0.4 is 11.1 Å². The number of nitrogens with two attached hydrogens (primary N) is 1. The summed E-state index contributed by atoms with van der Waals surface area (Å²) in [5, 5.41) is 13.5. The Labute approximate surface area is 103 Å². The number of amidine groups is 1. The highest BCUT2D eigenvalue weighted by Gasteiger charge is 2.42. The highest BCUT2D eigenvalue weighted by Crippen LogP contribution is 2.26. The van der Waals surface area contributed by atoms with Gasteiger partial charge in [-0.25, -0.2) is 0 Å². The summed E-state index contributed by atoms with van der Waals surface area (Å²) in [5.74, 6) is -1.14. The maximum Gasteiger partial charge on any atom is 0.400 e. The van der Waals surface area contributed by atoms with Crippen LogP contribution in [0.25, 0.3) is 0 Å². The van der Waals surface area contributed by atoms with Gasteiger partial charge in [-0.2, -0.15) is 24.9 Å². The molecule has 0 aliphatic heterocycles. The van der Waals surface area contributed by atoms with Gasteiger partial charge in [0.2, 0.25) is 0 Å². The third-order valence-corrected chi connectivity index (χ3v) is 3.25.